The fraction of sp³-hybridized carbons (Fsp3) is 0.375. The minimum Gasteiger partial charge on any atom is -0.350 e. The fourth-order valence-corrected chi connectivity index (χ4v) is 3.10. The molecule has 124 valence electrons. The standard InChI is InChI=1S/C16H18ClN3O2.ClH/c17-12-5-1-3-10(7-12)14-8-15(22-20-14)16(21)19-13-6-2-4-11(13)9-18;/h1,3,5,7-8,11,13H,2,4,6,9,18H2,(H,19,21);1H. The molecule has 1 aromatic carbocycles. The van der Waals surface area contributed by atoms with Crippen LogP contribution in [0.5, 0.6) is 0 Å². The SMILES string of the molecule is Cl.NCC1CCCC1NC(=O)c1cc(-c2cccc(Cl)c2)no1. The molecule has 1 aliphatic rings. The van der Waals surface area contributed by atoms with E-state index in [0.29, 0.717) is 23.2 Å². The Morgan fingerprint density at radius 1 is 1.39 bits per heavy atom. The zero-order valence-electron chi connectivity index (χ0n) is 12.5. The zero-order valence-corrected chi connectivity index (χ0v) is 14.1. The summed E-state index contributed by atoms with van der Waals surface area (Å²) in [5.74, 6) is 0.308. The molecule has 5 nitrogen and oxygen atoms in total. The van der Waals surface area contributed by atoms with Crippen molar-refractivity contribution in [2.24, 2.45) is 11.7 Å². The first-order chi connectivity index (χ1) is 10.7. The number of aromatic nitrogens is 1. The first-order valence-corrected chi connectivity index (χ1v) is 7.79. The monoisotopic (exact) mass is 355 g/mol. The molecule has 1 aliphatic carbocycles. The normalized spacial score (nSPS) is 20.1. The Balaban J connectivity index is 0.00000192. The molecule has 1 saturated carbocycles. The highest BCUT2D eigenvalue weighted by Gasteiger charge is 2.28. The van der Waals surface area contributed by atoms with Crippen LogP contribution in [0.1, 0.15) is 29.8 Å². The van der Waals surface area contributed by atoms with Gasteiger partial charge in [-0.2, -0.15) is 0 Å². The number of nitrogens with one attached hydrogen (secondary N) is 1. The molecule has 0 radical (unpaired) electrons. The fourth-order valence-electron chi connectivity index (χ4n) is 2.91. The zero-order chi connectivity index (χ0) is 15.5. The van der Waals surface area contributed by atoms with Gasteiger partial charge < -0.3 is 15.6 Å². The minimum absolute atomic E-state index is 0. The van der Waals surface area contributed by atoms with Gasteiger partial charge in [-0.05, 0) is 37.4 Å². The van der Waals surface area contributed by atoms with Gasteiger partial charge in [0.2, 0.25) is 5.76 Å². The lowest BCUT2D eigenvalue weighted by Crippen LogP contribution is -2.39. The summed E-state index contributed by atoms with van der Waals surface area (Å²) < 4.78 is 5.16. The van der Waals surface area contributed by atoms with Gasteiger partial charge in [-0.15, -0.1) is 12.4 Å². The molecule has 2 aromatic rings. The van der Waals surface area contributed by atoms with E-state index in [0.717, 1.165) is 24.8 Å². The molecule has 2 unspecified atom stereocenters. The van der Waals surface area contributed by atoms with E-state index in [1.165, 1.54) is 0 Å². The summed E-state index contributed by atoms with van der Waals surface area (Å²) in [7, 11) is 0. The van der Waals surface area contributed by atoms with Gasteiger partial charge in [0, 0.05) is 22.7 Å². The minimum atomic E-state index is -0.244. The first kappa shape index (κ1) is 17.8. The predicted molar refractivity (Wildman–Crippen MR) is 91.8 cm³/mol. The van der Waals surface area contributed by atoms with E-state index in [2.05, 4.69) is 10.5 Å². The third kappa shape index (κ3) is 4.05. The average Bonchev–Trinajstić information content (AvgIpc) is 3.16. The molecular formula is C16H19Cl2N3O2. The molecule has 1 amide bonds. The number of hydrogen-bond acceptors (Lipinski definition) is 4. The Morgan fingerprint density at radius 2 is 2.22 bits per heavy atom. The summed E-state index contributed by atoms with van der Waals surface area (Å²) in [5.41, 5.74) is 7.14. The lowest BCUT2D eigenvalue weighted by Gasteiger charge is -2.18. The lowest BCUT2D eigenvalue weighted by molar-refractivity contribution is 0.0891. The van der Waals surface area contributed by atoms with Crippen LogP contribution in [0.15, 0.2) is 34.9 Å². The second-order valence-electron chi connectivity index (χ2n) is 5.59. The largest absolute Gasteiger partial charge is 0.350 e. The highest BCUT2D eigenvalue weighted by Crippen LogP contribution is 2.26. The van der Waals surface area contributed by atoms with Crippen molar-refractivity contribution in [1.82, 2.24) is 10.5 Å². The van der Waals surface area contributed by atoms with Crippen molar-refractivity contribution in [3.05, 3.63) is 41.1 Å². The van der Waals surface area contributed by atoms with Crippen molar-refractivity contribution in [1.29, 1.82) is 0 Å². The molecule has 2 atom stereocenters. The van der Waals surface area contributed by atoms with E-state index in [4.69, 9.17) is 21.9 Å². The molecule has 0 aliphatic heterocycles. The number of benzene rings is 1. The molecule has 0 spiro atoms. The quantitative estimate of drug-likeness (QED) is 0.881. The number of halogens is 2. The van der Waals surface area contributed by atoms with E-state index in [1.54, 1.807) is 18.2 Å². The summed E-state index contributed by atoms with van der Waals surface area (Å²) in [5, 5.41) is 7.55. The highest BCUT2D eigenvalue weighted by atomic mass is 35.5. The van der Waals surface area contributed by atoms with E-state index in [9.17, 15) is 4.79 Å². The third-order valence-corrected chi connectivity index (χ3v) is 4.37. The van der Waals surface area contributed by atoms with Gasteiger partial charge >= 0.3 is 0 Å². The summed E-state index contributed by atoms with van der Waals surface area (Å²) in [4.78, 5) is 12.3. The predicted octanol–water partition coefficient (Wildman–Crippen LogP) is 3.27. The summed E-state index contributed by atoms with van der Waals surface area (Å²) in [6.07, 6.45) is 3.12. The third-order valence-electron chi connectivity index (χ3n) is 4.13. The van der Waals surface area contributed by atoms with Crippen LogP contribution < -0.4 is 11.1 Å². The maximum Gasteiger partial charge on any atom is 0.290 e. The van der Waals surface area contributed by atoms with Crippen molar-refractivity contribution in [2.75, 3.05) is 6.54 Å². The molecule has 1 fully saturated rings. The second kappa shape index (κ2) is 7.81. The highest BCUT2D eigenvalue weighted by molar-refractivity contribution is 6.30. The van der Waals surface area contributed by atoms with Crippen molar-refractivity contribution in [3.8, 4) is 11.3 Å². The van der Waals surface area contributed by atoms with Crippen LogP contribution >= 0.6 is 24.0 Å². The number of rotatable bonds is 4. The van der Waals surface area contributed by atoms with Gasteiger partial charge in [0.05, 0.1) is 0 Å². The summed E-state index contributed by atoms with van der Waals surface area (Å²) >= 11 is 5.96. The summed E-state index contributed by atoms with van der Waals surface area (Å²) in [6, 6.07) is 9.02. The Hall–Kier alpha value is -1.56. The Kier molecular flexibility index (Phi) is 6.04. The smallest absolute Gasteiger partial charge is 0.290 e. The molecule has 3 rings (SSSR count). The molecule has 23 heavy (non-hydrogen) atoms. The number of nitrogens with zero attached hydrogens (tertiary/aromatic N) is 1. The molecule has 1 aromatic heterocycles. The number of amides is 1. The molecule has 0 bridgehead atoms. The van der Waals surface area contributed by atoms with Gasteiger partial charge in [-0.3, -0.25) is 4.79 Å². The maximum atomic E-state index is 12.3. The van der Waals surface area contributed by atoms with Crippen LogP contribution in [0.4, 0.5) is 0 Å². The molecule has 3 N–H and O–H groups in total. The number of carbonyl (C=O) groups excluding carboxylic acids is 1. The van der Waals surface area contributed by atoms with Crippen LogP contribution in [-0.4, -0.2) is 23.7 Å². The topological polar surface area (TPSA) is 81.1 Å². The Bertz CT molecular complexity index is 675. The van der Waals surface area contributed by atoms with Crippen molar-refractivity contribution >= 4 is 29.9 Å². The molecule has 0 saturated heterocycles. The lowest BCUT2D eigenvalue weighted by atomic mass is 10.0. The van der Waals surface area contributed by atoms with Crippen molar-refractivity contribution < 1.29 is 9.32 Å². The van der Waals surface area contributed by atoms with E-state index >= 15 is 0 Å². The number of carbonyl (C=O) groups is 1. The number of hydrogen-bond donors (Lipinski definition) is 2. The van der Waals surface area contributed by atoms with Crippen LogP contribution in [0, 0.1) is 5.92 Å². The van der Waals surface area contributed by atoms with E-state index in [-0.39, 0.29) is 30.1 Å². The maximum absolute atomic E-state index is 12.3. The molecule has 7 heteroatoms. The van der Waals surface area contributed by atoms with Gasteiger partial charge in [0.1, 0.15) is 5.69 Å². The van der Waals surface area contributed by atoms with Gasteiger partial charge in [0.25, 0.3) is 5.91 Å². The molecule has 1 heterocycles. The average molecular weight is 356 g/mol. The second-order valence-corrected chi connectivity index (χ2v) is 6.03. The number of nitrogens with two attached hydrogens (primary N) is 1. The van der Waals surface area contributed by atoms with E-state index in [1.807, 2.05) is 12.1 Å². The van der Waals surface area contributed by atoms with Crippen LogP contribution in [0.2, 0.25) is 5.02 Å². The Morgan fingerprint density at radius 3 is 2.96 bits per heavy atom. The molecular weight excluding hydrogens is 337 g/mol. The van der Waals surface area contributed by atoms with Gasteiger partial charge in [-0.25, -0.2) is 0 Å². The van der Waals surface area contributed by atoms with Crippen molar-refractivity contribution in [3.63, 3.8) is 0 Å². The van der Waals surface area contributed by atoms with Gasteiger partial charge in [0.15, 0.2) is 0 Å². The summed E-state index contributed by atoms with van der Waals surface area (Å²) in [6.45, 7) is 0.592. The first-order valence-electron chi connectivity index (χ1n) is 7.41. The van der Waals surface area contributed by atoms with Crippen LogP contribution in [-0.2, 0) is 0 Å². The van der Waals surface area contributed by atoms with Crippen LogP contribution in [0.3, 0.4) is 0 Å². The van der Waals surface area contributed by atoms with Gasteiger partial charge in [-0.1, -0.05) is 35.3 Å². The van der Waals surface area contributed by atoms with Crippen molar-refractivity contribution in [2.45, 2.75) is 25.3 Å². The van der Waals surface area contributed by atoms with Crippen LogP contribution in [0.25, 0.3) is 11.3 Å². The van der Waals surface area contributed by atoms with E-state index < -0.39 is 0 Å². The Labute approximate surface area is 146 Å².